The predicted octanol–water partition coefficient (Wildman–Crippen LogP) is 0.469. The molecular formula is C7H8BeO2. The van der Waals surface area contributed by atoms with Gasteiger partial charge in [-0.25, -0.2) is 4.79 Å². The van der Waals surface area contributed by atoms with Gasteiger partial charge in [0.25, 0.3) is 0 Å². The average molecular weight is 133 g/mol. The molecule has 1 aromatic carbocycles. The molecule has 0 aliphatic rings. The van der Waals surface area contributed by atoms with Crippen LogP contribution in [0.15, 0.2) is 30.3 Å². The molecule has 0 fully saturated rings. The summed E-state index contributed by atoms with van der Waals surface area (Å²) in [6.07, 6.45) is 0. The van der Waals surface area contributed by atoms with Gasteiger partial charge in [-0.2, -0.15) is 0 Å². The third-order valence-electron chi connectivity index (χ3n) is 1.02. The molecule has 0 amide bonds. The minimum atomic E-state index is -0.879. The number of benzene rings is 1. The molecule has 0 saturated heterocycles. The average Bonchev–Trinajstić information content (AvgIpc) is 1.90. The van der Waals surface area contributed by atoms with Crippen LogP contribution in [0.1, 0.15) is 10.4 Å². The molecule has 0 aliphatic carbocycles. The predicted molar refractivity (Wildman–Crippen MR) is 41.9 cm³/mol. The van der Waals surface area contributed by atoms with Gasteiger partial charge in [0.15, 0.2) is 0 Å². The van der Waals surface area contributed by atoms with Crippen LogP contribution >= 0.6 is 0 Å². The summed E-state index contributed by atoms with van der Waals surface area (Å²) in [4.78, 5) is 10.2. The standard InChI is InChI=1S/C7H6O2.Be.2H/c8-7(9)6-4-2-1-3-5-6;;;/h1-5H,(H,8,9);;;. The molecule has 0 bridgehead atoms. The zero-order valence-corrected chi connectivity index (χ0v) is 4.74. The molecule has 2 nitrogen and oxygen atoms in total. The first-order valence-electron chi connectivity index (χ1n) is 2.59. The molecule has 1 N–H and O–H groups in total. The van der Waals surface area contributed by atoms with E-state index in [2.05, 4.69) is 0 Å². The Morgan fingerprint density at radius 3 is 2.00 bits per heavy atom. The molecule has 0 saturated carbocycles. The van der Waals surface area contributed by atoms with Crippen molar-refractivity contribution in [2.75, 3.05) is 0 Å². The van der Waals surface area contributed by atoms with Crippen LogP contribution in [0.5, 0.6) is 0 Å². The van der Waals surface area contributed by atoms with E-state index in [9.17, 15) is 4.79 Å². The van der Waals surface area contributed by atoms with Gasteiger partial charge in [0.1, 0.15) is 0 Å². The summed E-state index contributed by atoms with van der Waals surface area (Å²) in [6.45, 7) is 0. The van der Waals surface area contributed by atoms with E-state index in [1.807, 2.05) is 0 Å². The van der Waals surface area contributed by atoms with E-state index >= 15 is 0 Å². The first-order valence-corrected chi connectivity index (χ1v) is 2.59. The first-order chi connectivity index (χ1) is 4.30. The Bertz CT molecular complexity index is 208. The van der Waals surface area contributed by atoms with E-state index in [1.54, 1.807) is 30.3 Å². The second kappa shape index (κ2) is 3.80. The van der Waals surface area contributed by atoms with Gasteiger partial charge in [-0.05, 0) is 12.1 Å². The van der Waals surface area contributed by atoms with E-state index in [0.29, 0.717) is 5.56 Å². The summed E-state index contributed by atoms with van der Waals surface area (Å²) < 4.78 is 0. The Labute approximate surface area is 62.7 Å². The van der Waals surface area contributed by atoms with Crippen LogP contribution in [0.2, 0.25) is 0 Å². The Morgan fingerprint density at radius 2 is 1.70 bits per heavy atom. The van der Waals surface area contributed by atoms with Gasteiger partial charge in [0.05, 0.1) is 5.56 Å². The second-order valence-corrected chi connectivity index (χ2v) is 1.67. The van der Waals surface area contributed by atoms with Crippen LogP contribution in [0.4, 0.5) is 0 Å². The van der Waals surface area contributed by atoms with Crippen LogP contribution in [-0.2, 0) is 0 Å². The normalized spacial score (nSPS) is 8.00. The van der Waals surface area contributed by atoms with Crippen molar-refractivity contribution < 1.29 is 9.90 Å². The van der Waals surface area contributed by atoms with Crippen molar-refractivity contribution in [1.82, 2.24) is 0 Å². The van der Waals surface area contributed by atoms with E-state index in [1.165, 1.54) is 0 Å². The molecular weight excluding hydrogens is 125 g/mol. The van der Waals surface area contributed by atoms with Crippen LogP contribution in [0.25, 0.3) is 0 Å². The zero-order valence-electron chi connectivity index (χ0n) is 4.74. The van der Waals surface area contributed by atoms with Crippen molar-refractivity contribution in [3.05, 3.63) is 35.9 Å². The molecule has 0 aromatic heterocycles. The Morgan fingerprint density at radius 1 is 1.20 bits per heavy atom. The molecule has 0 unspecified atom stereocenters. The van der Waals surface area contributed by atoms with Crippen molar-refractivity contribution in [2.24, 2.45) is 0 Å². The van der Waals surface area contributed by atoms with Crippen molar-refractivity contribution >= 4 is 16.1 Å². The monoisotopic (exact) mass is 133 g/mol. The van der Waals surface area contributed by atoms with Gasteiger partial charge in [-0.3, -0.25) is 0 Å². The minimum absolute atomic E-state index is 0. The fraction of sp³-hybridized carbons (Fsp3) is 0. The quantitative estimate of drug-likeness (QED) is 0.565. The van der Waals surface area contributed by atoms with Gasteiger partial charge in [-0.15, -0.1) is 0 Å². The number of hydrogen-bond acceptors (Lipinski definition) is 1. The molecule has 0 radical (unpaired) electrons. The summed E-state index contributed by atoms with van der Waals surface area (Å²) >= 11 is 0. The third kappa shape index (κ3) is 2.00. The molecule has 0 aliphatic heterocycles. The summed E-state index contributed by atoms with van der Waals surface area (Å²) in [5.41, 5.74) is 0.331. The molecule has 1 rings (SSSR count). The van der Waals surface area contributed by atoms with E-state index < -0.39 is 5.97 Å². The Balaban J connectivity index is 0.000000810. The Kier molecular flexibility index (Phi) is 3.37. The molecule has 0 atom stereocenters. The summed E-state index contributed by atoms with van der Waals surface area (Å²) in [5.74, 6) is -0.879. The summed E-state index contributed by atoms with van der Waals surface area (Å²) in [7, 11) is 0. The van der Waals surface area contributed by atoms with Crippen LogP contribution in [0.3, 0.4) is 0 Å². The second-order valence-electron chi connectivity index (χ2n) is 1.67. The fourth-order valence-electron chi connectivity index (χ4n) is 0.581. The van der Waals surface area contributed by atoms with Gasteiger partial charge >= 0.3 is 16.1 Å². The van der Waals surface area contributed by atoms with Crippen molar-refractivity contribution in [1.29, 1.82) is 0 Å². The molecule has 0 heterocycles. The van der Waals surface area contributed by atoms with E-state index in [0.717, 1.165) is 0 Å². The molecule has 50 valence electrons. The Hall–Kier alpha value is -1.14. The summed E-state index contributed by atoms with van der Waals surface area (Å²) in [6, 6.07) is 8.30. The van der Waals surface area contributed by atoms with Crippen molar-refractivity contribution in [3.8, 4) is 0 Å². The fourth-order valence-corrected chi connectivity index (χ4v) is 0.581. The molecule has 3 heteroatoms. The van der Waals surface area contributed by atoms with Crippen LogP contribution in [-0.4, -0.2) is 21.2 Å². The number of carbonyl (C=O) groups is 1. The van der Waals surface area contributed by atoms with Gasteiger partial charge in [0, 0.05) is 0 Å². The SMILES string of the molecule is O=C(O)c1ccccc1.[BeH2]. The number of hydrogen-bond donors (Lipinski definition) is 1. The van der Waals surface area contributed by atoms with Crippen LogP contribution in [0, 0.1) is 0 Å². The van der Waals surface area contributed by atoms with Crippen molar-refractivity contribution in [3.63, 3.8) is 0 Å². The number of carboxylic acids is 1. The van der Waals surface area contributed by atoms with Gasteiger partial charge in [0.2, 0.25) is 0 Å². The van der Waals surface area contributed by atoms with Crippen LogP contribution < -0.4 is 0 Å². The first kappa shape index (κ1) is 8.86. The molecule has 1 aromatic rings. The van der Waals surface area contributed by atoms with E-state index in [-0.39, 0.29) is 10.1 Å². The number of carboxylic acid groups (broad SMARTS) is 1. The third-order valence-corrected chi connectivity index (χ3v) is 1.02. The van der Waals surface area contributed by atoms with Crippen molar-refractivity contribution in [2.45, 2.75) is 0 Å². The maximum atomic E-state index is 10.2. The van der Waals surface area contributed by atoms with E-state index in [4.69, 9.17) is 5.11 Å². The van der Waals surface area contributed by atoms with Gasteiger partial charge in [-0.1, -0.05) is 18.2 Å². The van der Waals surface area contributed by atoms with Gasteiger partial charge < -0.3 is 5.11 Å². The number of aromatic carboxylic acids is 1. The topological polar surface area (TPSA) is 37.3 Å². The molecule has 0 spiro atoms. The number of rotatable bonds is 1. The maximum absolute atomic E-state index is 10.2. The zero-order chi connectivity index (χ0) is 6.69. The summed E-state index contributed by atoms with van der Waals surface area (Å²) in [5, 5.41) is 8.38. The molecule has 10 heavy (non-hydrogen) atoms.